The highest BCUT2D eigenvalue weighted by Gasteiger charge is 2.42. The van der Waals surface area contributed by atoms with Crippen molar-refractivity contribution in [3.05, 3.63) is 59.3 Å². The number of carbonyl (C=O) groups is 2. The second-order valence-corrected chi connectivity index (χ2v) is 11.7. The van der Waals surface area contributed by atoms with Crippen LogP contribution >= 0.6 is 0 Å². The molecule has 0 fully saturated rings. The average Bonchev–Trinajstić information content (AvgIpc) is 3.12. The molecule has 0 aliphatic carbocycles. The van der Waals surface area contributed by atoms with Gasteiger partial charge in [-0.3, -0.25) is 4.79 Å². The van der Waals surface area contributed by atoms with Gasteiger partial charge in [0.05, 0.1) is 35.7 Å². The van der Waals surface area contributed by atoms with Crippen molar-refractivity contribution < 1.29 is 32.6 Å². The Morgan fingerprint density at radius 2 is 1.78 bits per heavy atom. The van der Waals surface area contributed by atoms with E-state index < -0.39 is 40.1 Å². The van der Waals surface area contributed by atoms with Crippen molar-refractivity contribution in [3.8, 4) is 5.75 Å². The van der Waals surface area contributed by atoms with E-state index in [4.69, 9.17) is 9.47 Å². The third-order valence-corrected chi connectivity index (χ3v) is 8.06. The van der Waals surface area contributed by atoms with Crippen LogP contribution in [0, 0.1) is 6.92 Å². The third kappa shape index (κ3) is 4.70. The molecule has 1 unspecified atom stereocenters. The number of rotatable bonds is 5. The topological polar surface area (TPSA) is 115 Å². The van der Waals surface area contributed by atoms with E-state index >= 15 is 0 Å². The van der Waals surface area contributed by atoms with E-state index in [2.05, 4.69) is 0 Å². The fraction of sp³-hybridized carbons (Fsp3) is 0.385. The molecule has 0 saturated heterocycles. The lowest BCUT2D eigenvalue weighted by Crippen LogP contribution is -2.42. The van der Waals surface area contributed by atoms with Crippen LogP contribution in [0.15, 0.2) is 47.4 Å². The van der Waals surface area contributed by atoms with Crippen molar-refractivity contribution in [2.75, 3.05) is 13.7 Å². The summed E-state index contributed by atoms with van der Waals surface area (Å²) in [5.41, 5.74) is 1.58. The third-order valence-electron chi connectivity index (χ3n) is 6.14. The van der Waals surface area contributed by atoms with E-state index in [9.17, 15) is 23.1 Å². The van der Waals surface area contributed by atoms with Crippen LogP contribution in [0.25, 0.3) is 10.9 Å². The SMILES string of the molecule is COc1ccc2c(c1)c1c(n2C(=O)OC(C)(C)C)C(CC(=O)O)N(S(=O)(=O)c2ccc(C)cc2)CC1. The number of hydrogen-bond acceptors (Lipinski definition) is 6. The Labute approximate surface area is 210 Å². The van der Waals surface area contributed by atoms with Crippen LogP contribution < -0.4 is 4.74 Å². The summed E-state index contributed by atoms with van der Waals surface area (Å²) in [6.45, 7) is 7.11. The molecule has 0 saturated carbocycles. The molecule has 1 atom stereocenters. The summed E-state index contributed by atoms with van der Waals surface area (Å²) >= 11 is 0. The Kier molecular flexibility index (Phi) is 6.61. The number of aliphatic carboxylic acids is 1. The number of aryl methyl sites for hydroxylation is 1. The van der Waals surface area contributed by atoms with Gasteiger partial charge in [-0.2, -0.15) is 4.31 Å². The van der Waals surface area contributed by atoms with Gasteiger partial charge in [0.15, 0.2) is 0 Å². The summed E-state index contributed by atoms with van der Waals surface area (Å²) in [4.78, 5) is 25.5. The number of sulfonamides is 1. The predicted molar refractivity (Wildman–Crippen MR) is 134 cm³/mol. The van der Waals surface area contributed by atoms with E-state index in [1.807, 2.05) is 6.92 Å². The summed E-state index contributed by atoms with van der Waals surface area (Å²) in [5.74, 6) is -0.619. The zero-order valence-electron chi connectivity index (χ0n) is 20.9. The molecule has 4 rings (SSSR count). The van der Waals surface area contributed by atoms with Gasteiger partial charge in [-0.1, -0.05) is 17.7 Å². The summed E-state index contributed by atoms with van der Waals surface area (Å²) in [7, 11) is -2.53. The second-order valence-electron chi connectivity index (χ2n) is 9.86. The summed E-state index contributed by atoms with van der Waals surface area (Å²) in [5, 5.41) is 10.5. The number of nitrogens with zero attached hydrogens (tertiary/aromatic N) is 2. The molecule has 2 aromatic carbocycles. The minimum Gasteiger partial charge on any atom is -0.497 e. The van der Waals surface area contributed by atoms with Crippen LogP contribution in [0.4, 0.5) is 4.79 Å². The average molecular weight is 515 g/mol. The van der Waals surface area contributed by atoms with E-state index in [-0.39, 0.29) is 17.9 Å². The van der Waals surface area contributed by atoms with Gasteiger partial charge < -0.3 is 14.6 Å². The molecular weight excluding hydrogens is 484 g/mol. The van der Waals surface area contributed by atoms with Gasteiger partial charge in [-0.05, 0) is 70.0 Å². The van der Waals surface area contributed by atoms with Crippen molar-refractivity contribution in [1.29, 1.82) is 0 Å². The number of carboxylic acid groups (broad SMARTS) is 1. The van der Waals surface area contributed by atoms with Crippen LogP contribution in [0.1, 0.15) is 50.1 Å². The fourth-order valence-corrected chi connectivity index (χ4v) is 6.20. The lowest BCUT2D eigenvalue weighted by Gasteiger charge is -2.35. The Morgan fingerprint density at radius 1 is 1.11 bits per heavy atom. The standard InChI is InChI=1S/C26H30N2O7S/c1-16-6-9-18(10-7-16)36(32,33)27-13-12-19-20-14-17(34-5)8-11-21(20)28(25(31)35-26(2,3)4)24(19)22(27)15-23(29)30/h6-11,14,22H,12-13,15H2,1-5H3,(H,29,30). The summed E-state index contributed by atoms with van der Waals surface area (Å²) < 4.78 is 41.0. The highest BCUT2D eigenvalue weighted by molar-refractivity contribution is 7.89. The van der Waals surface area contributed by atoms with Crippen molar-refractivity contribution in [3.63, 3.8) is 0 Å². The summed E-state index contributed by atoms with van der Waals surface area (Å²) in [6.07, 6.45) is -0.937. The number of benzene rings is 2. The molecule has 0 radical (unpaired) electrons. The van der Waals surface area contributed by atoms with Crippen LogP contribution in [-0.2, 0) is 26.0 Å². The van der Waals surface area contributed by atoms with E-state index in [1.165, 1.54) is 28.1 Å². The minimum atomic E-state index is -4.06. The van der Waals surface area contributed by atoms with E-state index in [0.29, 0.717) is 27.9 Å². The normalized spacial score (nSPS) is 16.5. The zero-order valence-corrected chi connectivity index (χ0v) is 21.8. The first-order chi connectivity index (χ1) is 16.8. The molecular formula is C26H30N2O7S. The van der Waals surface area contributed by atoms with Gasteiger partial charge in [0.1, 0.15) is 11.4 Å². The second kappa shape index (κ2) is 9.25. The van der Waals surface area contributed by atoms with Crippen LogP contribution in [0.2, 0.25) is 0 Å². The first-order valence-electron chi connectivity index (χ1n) is 11.6. The highest BCUT2D eigenvalue weighted by Crippen LogP contribution is 2.42. The molecule has 192 valence electrons. The molecule has 36 heavy (non-hydrogen) atoms. The Balaban J connectivity index is 1.97. The van der Waals surface area contributed by atoms with Crippen molar-refractivity contribution >= 4 is 33.0 Å². The molecule has 0 bridgehead atoms. The van der Waals surface area contributed by atoms with E-state index in [1.54, 1.807) is 51.1 Å². The Bertz CT molecular complexity index is 1430. The number of ether oxygens (including phenoxy) is 2. The fourth-order valence-electron chi connectivity index (χ4n) is 4.61. The molecule has 0 amide bonds. The monoisotopic (exact) mass is 514 g/mol. The molecule has 10 heteroatoms. The number of fused-ring (bicyclic) bond motifs is 3. The Hall–Kier alpha value is -3.37. The molecule has 1 aliphatic rings. The first kappa shape index (κ1) is 25.7. The molecule has 1 aliphatic heterocycles. The maximum absolute atomic E-state index is 13.7. The Morgan fingerprint density at radius 3 is 2.36 bits per heavy atom. The largest absolute Gasteiger partial charge is 0.497 e. The molecule has 1 aromatic heterocycles. The maximum Gasteiger partial charge on any atom is 0.419 e. The van der Waals surface area contributed by atoms with Crippen LogP contribution in [0.5, 0.6) is 5.75 Å². The molecule has 2 heterocycles. The van der Waals surface area contributed by atoms with Crippen molar-refractivity contribution in [2.45, 2.75) is 57.1 Å². The van der Waals surface area contributed by atoms with Gasteiger partial charge >= 0.3 is 12.1 Å². The molecule has 1 N–H and O–H groups in total. The van der Waals surface area contributed by atoms with Crippen LogP contribution in [-0.4, -0.2) is 53.7 Å². The predicted octanol–water partition coefficient (Wildman–Crippen LogP) is 4.50. The number of methoxy groups -OCH3 is 1. The lowest BCUT2D eigenvalue weighted by atomic mass is 9.97. The smallest absolute Gasteiger partial charge is 0.419 e. The summed E-state index contributed by atoms with van der Waals surface area (Å²) in [6, 6.07) is 10.4. The first-order valence-corrected chi connectivity index (χ1v) is 13.0. The van der Waals surface area contributed by atoms with Gasteiger partial charge in [0, 0.05) is 11.9 Å². The molecule has 0 spiro atoms. The van der Waals surface area contributed by atoms with Gasteiger partial charge in [0.2, 0.25) is 10.0 Å². The van der Waals surface area contributed by atoms with Crippen molar-refractivity contribution in [2.24, 2.45) is 0 Å². The molecule has 9 nitrogen and oxygen atoms in total. The lowest BCUT2D eigenvalue weighted by molar-refractivity contribution is -0.138. The van der Waals surface area contributed by atoms with Gasteiger partial charge in [0.25, 0.3) is 0 Å². The van der Waals surface area contributed by atoms with Gasteiger partial charge in [-0.15, -0.1) is 0 Å². The molecule has 3 aromatic rings. The highest BCUT2D eigenvalue weighted by atomic mass is 32.2. The maximum atomic E-state index is 13.7. The number of carboxylic acids is 1. The number of hydrogen-bond donors (Lipinski definition) is 1. The number of aromatic nitrogens is 1. The van der Waals surface area contributed by atoms with Crippen LogP contribution in [0.3, 0.4) is 0 Å². The zero-order chi connectivity index (χ0) is 26.4. The van der Waals surface area contributed by atoms with E-state index in [0.717, 1.165) is 5.56 Å². The minimum absolute atomic E-state index is 0.0613. The number of carbonyl (C=O) groups excluding carboxylic acids is 1. The van der Waals surface area contributed by atoms with Crippen molar-refractivity contribution in [1.82, 2.24) is 8.87 Å². The van der Waals surface area contributed by atoms with Gasteiger partial charge in [-0.25, -0.2) is 17.8 Å². The quantitative estimate of drug-likeness (QED) is 0.533.